The van der Waals surface area contributed by atoms with Crippen molar-refractivity contribution in [2.24, 2.45) is 0 Å². The van der Waals surface area contributed by atoms with Crippen LogP contribution in [0.15, 0.2) is 0 Å². The van der Waals surface area contributed by atoms with Gasteiger partial charge in [0.05, 0.1) is 0 Å². The van der Waals surface area contributed by atoms with Crippen molar-refractivity contribution in [1.82, 2.24) is 10.0 Å². The van der Waals surface area contributed by atoms with Crippen molar-refractivity contribution in [1.29, 1.82) is 0 Å². The van der Waals surface area contributed by atoms with Gasteiger partial charge in [0.15, 0.2) is 0 Å². The molecule has 2 nitrogen and oxygen atoms in total. The fourth-order valence-corrected chi connectivity index (χ4v) is 0.175. The van der Waals surface area contributed by atoms with Gasteiger partial charge in [0.2, 0.25) is 0 Å². The standard InChI is InChI=1S/C4H10F2N2/c1-7(2)8(3)4(5)6/h4H,1-3H3. The van der Waals surface area contributed by atoms with E-state index < -0.39 is 6.55 Å². The first kappa shape index (κ1) is 7.78. The average molecular weight is 124 g/mol. The molecule has 0 bridgehead atoms. The largest absolute Gasteiger partial charge is 0.306 e. The van der Waals surface area contributed by atoms with Crippen LogP contribution in [0.1, 0.15) is 0 Å². The molecule has 0 aromatic carbocycles. The molecule has 0 rings (SSSR count). The van der Waals surface area contributed by atoms with E-state index in [0.29, 0.717) is 0 Å². The van der Waals surface area contributed by atoms with E-state index in [9.17, 15) is 8.78 Å². The molecule has 0 spiro atoms. The van der Waals surface area contributed by atoms with Gasteiger partial charge in [0.25, 0.3) is 0 Å². The highest BCUT2D eigenvalue weighted by Crippen LogP contribution is 1.98. The molecule has 0 fully saturated rings. The molecule has 8 heavy (non-hydrogen) atoms. The van der Waals surface area contributed by atoms with E-state index in [1.54, 1.807) is 14.1 Å². The van der Waals surface area contributed by atoms with Crippen LogP contribution in [0.2, 0.25) is 0 Å². The van der Waals surface area contributed by atoms with Crippen LogP contribution >= 0.6 is 0 Å². The van der Waals surface area contributed by atoms with Gasteiger partial charge in [-0.1, -0.05) is 0 Å². The summed E-state index contributed by atoms with van der Waals surface area (Å²) >= 11 is 0. The Balaban J connectivity index is 3.46. The lowest BCUT2D eigenvalue weighted by molar-refractivity contribution is -0.118. The summed E-state index contributed by atoms with van der Waals surface area (Å²) in [5.74, 6) is 0. The van der Waals surface area contributed by atoms with E-state index >= 15 is 0 Å². The fraction of sp³-hybridized carbons (Fsp3) is 1.00. The predicted octanol–water partition coefficient (Wildman–Crippen LogP) is 0.617. The Labute approximate surface area is 47.7 Å². The van der Waals surface area contributed by atoms with Gasteiger partial charge in [0.1, 0.15) is 0 Å². The molecule has 0 saturated heterocycles. The van der Waals surface area contributed by atoms with Gasteiger partial charge in [0, 0.05) is 21.1 Å². The van der Waals surface area contributed by atoms with Gasteiger partial charge < -0.3 is 0 Å². The van der Waals surface area contributed by atoms with Crippen LogP contribution in [0.3, 0.4) is 0 Å². The second-order valence-electron chi connectivity index (χ2n) is 1.70. The summed E-state index contributed by atoms with van der Waals surface area (Å²) < 4.78 is 23.1. The van der Waals surface area contributed by atoms with Crippen molar-refractivity contribution in [3.8, 4) is 0 Å². The molecule has 0 aliphatic heterocycles. The van der Waals surface area contributed by atoms with Gasteiger partial charge in [-0.15, -0.1) is 0 Å². The Morgan fingerprint density at radius 2 is 1.50 bits per heavy atom. The molecule has 0 aliphatic rings. The summed E-state index contributed by atoms with van der Waals surface area (Å²) in [7, 11) is 4.45. The van der Waals surface area contributed by atoms with Crippen LogP contribution < -0.4 is 0 Å². The number of rotatable bonds is 2. The third-order valence-corrected chi connectivity index (χ3v) is 0.913. The summed E-state index contributed by atoms with van der Waals surface area (Å²) in [5, 5.41) is 2.16. The lowest BCUT2D eigenvalue weighted by Crippen LogP contribution is -2.36. The number of hydrazine groups is 1. The smallest absolute Gasteiger partial charge is 0.244 e. The quantitative estimate of drug-likeness (QED) is 0.393. The number of hydrogen-bond acceptors (Lipinski definition) is 2. The third-order valence-electron chi connectivity index (χ3n) is 0.913. The topological polar surface area (TPSA) is 6.48 Å². The van der Waals surface area contributed by atoms with Gasteiger partial charge in [-0.3, -0.25) is 0 Å². The molecule has 0 N–H and O–H groups in total. The summed E-state index contributed by atoms with van der Waals surface area (Å²) in [6, 6.07) is 0. The van der Waals surface area contributed by atoms with Gasteiger partial charge >= 0.3 is 6.55 Å². The summed E-state index contributed by atoms with van der Waals surface area (Å²) in [6.07, 6.45) is 0. The summed E-state index contributed by atoms with van der Waals surface area (Å²) in [4.78, 5) is 0. The van der Waals surface area contributed by atoms with Gasteiger partial charge in [-0.25, -0.2) is 5.01 Å². The third kappa shape index (κ3) is 2.18. The molecular formula is C4H10F2N2. The lowest BCUT2D eigenvalue weighted by atomic mass is 11.0. The van der Waals surface area contributed by atoms with Crippen LogP contribution in [0.25, 0.3) is 0 Å². The molecule has 0 aliphatic carbocycles. The zero-order valence-corrected chi connectivity index (χ0v) is 5.23. The number of nitrogens with zero attached hydrogens (tertiary/aromatic N) is 2. The molecule has 0 aromatic heterocycles. The van der Waals surface area contributed by atoms with Crippen molar-refractivity contribution in [3.05, 3.63) is 0 Å². The van der Waals surface area contributed by atoms with Crippen molar-refractivity contribution in [2.45, 2.75) is 6.55 Å². The maximum Gasteiger partial charge on any atom is 0.306 e. The highest BCUT2D eigenvalue weighted by Gasteiger charge is 2.10. The number of hydrogen-bond donors (Lipinski definition) is 0. The van der Waals surface area contributed by atoms with E-state index in [1.165, 1.54) is 12.1 Å². The normalized spacial score (nSPS) is 12.0. The number of halogens is 2. The average Bonchev–Trinajstić information content (AvgIpc) is 1.64. The van der Waals surface area contributed by atoms with Gasteiger partial charge in [-0.2, -0.15) is 13.8 Å². The summed E-state index contributed by atoms with van der Waals surface area (Å²) in [6.45, 7) is -2.40. The molecular weight excluding hydrogens is 114 g/mol. The monoisotopic (exact) mass is 124 g/mol. The van der Waals surface area contributed by atoms with Crippen molar-refractivity contribution in [2.75, 3.05) is 21.1 Å². The maximum absolute atomic E-state index is 11.6. The molecule has 0 unspecified atom stereocenters. The van der Waals surface area contributed by atoms with Crippen LogP contribution in [0, 0.1) is 0 Å². The highest BCUT2D eigenvalue weighted by atomic mass is 19.3. The van der Waals surface area contributed by atoms with Crippen molar-refractivity contribution < 1.29 is 8.78 Å². The minimum absolute atomic E-state index is 0.833. The van der Waals surface area contributed by atoms with Crippen molar-refractivity contribution in [3.63, 3.8) is 0 Å². The minimum Gasteiger partial charge on any atom is -0.244 e. The minimum atomic E-state index is -2.40. The Kier molecular flexibility index (Phi) is 2.86. The highest BCUT2D eigenvalue weighted by molar-refractivity contribution is 4.33. The van der Waals surface area contributed by atoms with Crippen molar-refractivity contribution >= 4 is 0 Å². The molecule has 0 aromatic rings. The summed E-state index contributed by atoms with van der Waals surface area (Å²) in [5.41, 5.74) is 0. The first-order chi connectivity index (χ1) is 3.55. The molecule has 0 atom stereocenters. The molecule has 0 radical (unpaired) electrons. The van der Waals surface area contributed by atoms with Crippen LogP contribution in [0.4, 0.5) is 8.78 Å². The first-order valence-electron chi connectivity index (χ1n) is 2.24. The van der Waals surface area contributed by atoms with E-state index in [0.717, 1.165) is 5.01 Å². The molecule has 0 amide bonds. The van der Waals surface area contributed by atoms with Crippen LogP contribution in [-0.2, 0) is 0 Å². The zero-order chi connectivity index (χ0) is 6.73. The Hall–Kier alpha value is -0.220. The number of alkyl halides is 2. The van der Waals surface area contributed by atoms with Gasteiger partial charge in [-0.05, 0) is 0 Å². The zero-order valence-electron chi connectivity index (χ0n) is 5.23. The fourth-order valence-electron chi connectivity index (χ4n) is 0.175. The Morgan fingerprint density at radius 3 is 1.50 bits per heavy atom. The Bertz CT molecular complexity index is 57.1. The molecule has 4 heteroatoms. The maximum atomic E-state index is 11.6. The lowest BCUT2D eigenvalue weighted by Gasteiger charge is -2.22. The first-order valence-corrected chi connectivity index (χ1v) is 2.24. The van der Waals surface area contributed by atoms with E-state index in [4.69, 9.17) is 0 Å². The van der Waals surface area contributed by atoms with Crippen LogP contribution in [-0.4, -0.2) is 37.7 Å². The predicted molar refractivity (Wildman–Crippen MR) is 27.5 cm³/mol. The second kappa shape index (κ2) is 2.94. The SMILES string of the molecule is CN(C)N(C)C(F)F. The molecule has 0 saturated carbocycles. The van der Waals surface area contributed by atoms with E-state index in [-0.39, 0.29) is 0 Å². The second-order valence-corrected chi connectivity index (χ2v) is 1.70. The Morgan fingerprint density at radius 1 is 1.12 bits per heavy atom. The van der Waals surface area contributed by atoms with E-state index in [1.807, 2.05) is 0 Å². The molecule has 50 valence electrons. The van der Waals surface area contributed by atoms with Crippen LogP contribution in [0.5, 0.6) is 0 Å². The molecule has 0 heterocycles. The van der Waals surface area contributed by atoms with E-state index in [2.05, 4.69) is 0 Å².